The Labute approximate surface area is 399 Å². The predicted octanol–water partition coefficient (Wildman–Crippen LogP) is 17.4. The van der Waals surface area contributed by atoms with Crippen LogP contribution in [0.4, 0.5) is 17.1 Å². The van der Waals surface area contributed by atoms with Gasteiger partial charge in [-0.25, -0.2) is 0 Å². The first-order valence-corrected chi connectivity index (χ1v) is 24.2. The van der Waals surface area contributed by atoms with Gasteiger partial charge in [-0.1, -0.05) is 210 Å². The van der Waals surface area contributed by atoms with E-state index >= 15 is 0 Å². The second-order valence-electron chi connectivity index (χ2n) is 20.4. The smallest absolute Gasteiger partial charge is 0.0726 e. The van der Waals surface area contributed by atoms with Crippen LogP contribution in [0.3, 0.4) is 0 Å². The number of hydrogen-bond donors (Lipinski definition) is 0. The molecular formula is C67H49N. The van der Waals surface area contributed by atoms with Gasteiger partial charge in [0.05, 0.1) is 11.1 Å². The van der Waals surface area contributed by atoms with Gasteiger partial charge in [0.2, 0.25) is 0 Å². The summed E-state index contributed by atoms with van der Waals surface area (Å²) in [6.07, 6.45) is 0. The van der Waals surface area contributed by atoms with E-state index in [1.54, 1.807) is 0 Å². The largest absolute Gasteiger partial charge is 0.310 e. The van der Waals surface area contributed by atoms with E-state index in [2.05, 4.69) is 257 Å². The molecule has 0 aliphatic heterocycles. The van der Waals surface area contributed by atoms with Crippen molar-refractivity contribution in [3.8, 4) is 66.8 Å². The number of benzene rings is 10. The molecule has 0 amide bonds. The molecule has 4 aliphatic rings. The van der Waals surface area contributed by atoms with Gasteiger partial charge >= 0.3 is 0 Å². The summed E-state index contributed by atoms with van der Waals surface area (Å²) >= 11 is 0. The fourth-order valence-electron chi connectivity index (χ4n) is 13.1. The third kappa shape index (κ3) is 5.17. The molecule has 10 aromatic carbocycles. The van der Waals surface area contributed by atoms with Gasteiger partial charge in [-0.05, 0) is 148 Å². The van der Waals surface area contributed by atoms with Crippen LogP contribution in [0.2, 0.25) is 0 Å². The number of fused-ring (bicyclic) bond motifs is 16. The molecule has 322 valence electrons. The van der Waals surface area contributed by atoms with Crippen LogP contribution in [0.1, 0.15) is 72.2 Å². The van der Waals surface area contributed by atoms with Crippen LogP contribution in [0.15, 0.2) is 224 Å². The summed E-state index contributed by atoms with van der Waals surface area (Å²) in [6.45, 7) is 9.57. The predicted molar refractivity (Wildman–Crippen MR) is 283 cm³/mol. The average molecular weight is 868 g/mol. The van der Waals surface area contributed by atoms with Gasteiger partial charge in [0.15, 0.2) is 0 Å². The van der Waals surface area contributed by atoms with E-state index < -0.39 is 5.41 Å². The molecule has 0 radical (unpaired) electrons. The Kier molecular flexibility index (Phi) is 8.08. The lowest BCUT2D eigenvalue weighted by atomic mass is 9.70. The summed E-state index contributed by atoms with van der Waals surface area (Å²) in [6, 6.07) is 85.1. The number of hydrogen-bond acceptors (Lipinski definition) is 1. The van der Waals surface area contributed by atoms with Crippen molar-refractivity contribution in [1.29, 1.82) is 0 Å². The van der Waals surface area contributed by atoms with E-state index in [0.717, 1.165) is 11.4 Å². The van der Waals surface area contributed by atoms with Crippen LogP contribution in [0.5, 0.6) is 0 Å². The molecule has 1 heteroatoms. The zero-order valence-electron chi connectivity index (χ0n) is 38.8. The summed E-state index contributed by atoms with van der Waals surface area (Å²) in [5.41, 5.74) is 28.8. The number of anilines is 3. The van der Waals surface area contributed by atoms with Gasteiger partial charge in [0, 0.05) is 27.8 Å². The molecule has 0 heterocycles. The monoisotopic (exact) mass is 867 g/mol. The normalized spacial score (nSPS) is 15.1. The van der Waals surface area contributed by atoms with Crippen LogP contribution in [0, 0.1) is 0 Å². The van der Waals surface area contributed by atoms with Crippen molar-refractivity contribution in [2.75, 3.05) is 4.90 Å². The SMILES string of the molecule is CC1(C)c2ccccc2-c2ccc(N(c3ccc4c(c3)C(C)(C)c3ccccc3-4)c3cccc4c3-c3ccccc3C43c4cc(-c5ccccc5)ccc4-c4ccc(-c5ccccc5)cc43)cc21. The maximum absolute atomic E-state index is 2.59. The van der Waals surface area contributed by atoms with Crippen molar-refractivity contribution in [2.24, 2.45) is 0 Å². The maximum atomic E-state index is 2.59. The minimum Gasteiger partial charge on any atom is -0.310 e. The molecule has 0 saturated heterocycles. The van der Waals surface area contributed by atoms with Gasteiger partial charge in [-0.3, -0.25) is 0 Å². The molecule has 68 heavy (non-hydrogen) atoms. The first-order chi connectivity index (χ1) is 33.2. The summed E-state index contributed by atoms with van der Waals surface area (Å²) in [5.74, 6) is 0. The Morgan fingerprint density at radius 2 is 0.662 bits per heavy atom. The van der Waals surface area contributed by atoms with Crippen molar-refractivity contribution in [3.05, 3.63) is 269 Å². The molecule has 0 atom stereocenters. The first kappa shape index (κ1) is 39.2. The molecule has 0 saturated carbocycles. The minimum absolute atomic E-state index is 0.158. The van der Waals surface area contributed by atoms with Crippen LogP contribution in [-0.2, 0) is 16.2 Å². The molecule has 4 aliphatic carbocycles. The van der Waals surface area contributed by atoms with E-state index in [4.69, 9.17) is 0 Å². The summed E-state index contributed by atoms with van der Waals surface area (Å²) < 4.78 is 0. The van der Waals surface area contributed by atoms with Gasteiger partial charge in [-0.15, -0.1) is 0 Å². The van der Waals surface area contributed by atoms with Crippen LogP contribution >= 0.6 is 0 Å². The molecule has 0 bridgehead atoms. The second kappa shape index (κ2) is 14.0. The van der Waals surface area contributed by atoms with Crippen LogP contribution in [-0.4, -0.2) is 0 Å². The quantitative estimate of drug-likeness (QED) is 0.167. The fourth-order valence-corrected chi connectivity index (χ4v) is 13.1. The Bertz CT molecular complexity index is 3540. The highest BCUT2D eigenvalue weighted by Crippen LogP contribution is 2.66. The van der Waals surface area contributed by atoms with Crippen LogP contribution in [0.25, 0.3) is 66.8 Å². The summed E-state index contributed by atoms with van der Waals surface area (Å²) in [5, 5.41) is 0. The molecule has 1 nitrogen and oxygen atoms in total. The van der Waals surface area contributed by atoms with Gasteiger partial charge in [0.25, 0.3) is 0 Å². The van der Waals surface area contributed by atoms with Gasteiger partial charge < -0.3 is 4.90 Å². The van der Waals surface area contributed by atoms with E-state index in [1.807, 2.05) is 0 Å². The Hall–Kier alpha value is -8.00. The lowest BCUT2D eigenvalue weighted by Crippen LogP contribution is -2.26. The highest BCUT2D eigenvalue weighted by molar-refractivity contribution is 6.02. The zero-order chi connectivity index (χ0) is 45.5. The molecular weight excluding hydrogens is 819 g/mol. The fraction of sp³-hybridized carbons (Fsp3) is 0.104. The molecule has 1 spiro atoms. The number of nitrogens with zero attached hydrogens (tertiary/aromatic N) is 1. The molecule has 0 aromatic heterocycles. The first-order valence-electron chi connectivity index (χ1n) is 24.2. The molecule has 0 unspecified atom stereocenters. The molecule has 0 fully saturated rings. The third-order valence-corrected chi connectivity index (χ3v) is 16.3. The lowest BCUT2D eigenvalue weighted by Gasteiger charge is -2.33. The Balaban J connectivity index is 1.06. The summed E-state index contributed by atoms with van der Waals surface area (Å²) in [7, 11) is 0. The standard InChI is InChI=1S/C67H49N/c1-65(2)55-25-14-11-22-48(55)50-36-32-46(40-59(50)65)68(47-33-37-51-49-23-12-15-26-56(49)66(3,4)60(51)41-47)63-29-17-28-58-64(63)54-24-13-16-27-57(54)67(58)61-38-44(42-18-7-5-8-19-42)30-34-52(61)53-35-31-45(39-62(53)67)43-20-9-6-10-21-43/h5-41H,1-4H3. The third-order valence-electron chi connectivity index (χ3n) is 16.3. The second-order valence-corrected chi connectivity index (χ2v) is 20.4. The highest BCUT2D eigenvalue weighted by atomic mass is 15.1. The van der Waals surface area contributed by atoms with E-state index in [-0.39, 0.29) is 10.8 Å². The Morgan fingerprint density at radius 3 is 1.18 bits per heavy atom. The van der Waals surface area contributed by atoms with Crippen molar-refractivity contribution >= 4 is 17.1 Å². The van der Waals surface area contributed by atoms with Crippen molar-refractivity contribution < 1.29 is 0 Å². The van der Waals surface area contributed by atoms with E-state index in [0.29, 0.717) is 0 Å². The van der Waals surface area contributed by atoms with Gasteiger partial charge in [0.1, 0.15) is 0 Å². The van der Waals surface area contributed by atoms with Crippen LogP contribution < -0.4 is 4.90 Å². The minimum atomic E-state index is -0.572. The van der Waals surface area contributed by atoms with Crippen molar-refractivity contribution in [2.45, 2.75) is 43.9 Å². The molecule has 10 aromatic rings. The number of rotatable bonds is 5. The maximum Gasteiger partial charge on any atom is 0.0726 e. The van der Waals surface area contributed by atoms with Gasteiger partial charge in [-0.2, -0.15) is 0 Å². The zero-order valence-corrected chi connectivity index (χ0v) is 38.8. The molecule has 0 N–H and O–H groups in total. The average Bonchev–Trinajstić information content (AvgIpc) is 4.02. The van der Waals surface area contributed by atoms with Crippen molar-refractivity contribution in [3.63, 3.8) is 0 Å². The molecule has 14 rings (SSSR count). The highest BCUT2D eigenvalue weighted by Gasteiger charge is 2.53. The van der Waals surface area contributed by atoms with E-state index in [9.17, 15) is 0 Å². The lowest BCUT2D eigenvalue weighted by molar-refractivity contribution is 0.660. The topological polar surface area (TPSA) is 3.24 Å². The summed E-state index contributed by atoms with van der Waals surface area (Å²) in [4.78, 5) is 2.59. The van der Waals surface area contributed by atoms with E-state index in [1.165, 1.54) is 117 Å². The Morgan fingerprint density at radius 1 is 0.265 bits per heavy atom. The van der Waals surface area contributed by atoms with Crippen molar-refractivity contribution in [1.82, 2.24) is 0 Å².